The lowest BCUT2D eigenvalue weighted by Gasteiger charge is -2.16. The maximum absolute atomic E-state index is 13.8. The standard InChI is InChI=1S/C15H15Br2FN2O/c1-8(2)21-14-7-13(12(19)6-11(14)18)20-15-9(16)4-3-5-10(15)17/h3-8,20H,19H2,1-2H3. The SMILES string of the molecule is CC(C)Oc1cc(Nc2c(Br)cccc2Br)c(N)cc1F. The van der Waals surface area contributed by atoms with Crippen LogP contribution in [0.4, 0.5) is 21.5 Å². The summed E-state index contributed by atoms with van der Waals surface area (Å²) >= 11 is 6.93. The van der Waals surface area contributed by atoms with E-state index in [9.17, 15) is 4.39 Å². The minimum Gasteiger partial charge on any atom is -0.488 e. The largest absolute Gasteiger partial charge is 0.488 e. The van der Waals surface area contributed by atoms with Crippen molar-refractivity contribution in [1.29, 1.82) is 0 Å². The van der Waals surface area contributed by atoms with Crippen LogP contribution in [0.3, 0.4) is 0 Å². The lowest BCUT2D eigenvalue weighted by atomic mass is 10.2. The maximum Gasteiger partial charge on any atom is 0.167 e. The third-order valence-corrected chi connectivity index (χ3v) is 4.01. The molecule has 0 atom stereocenters. The predicted molar refractivity (Wildman–Crippen MR) is 91.7 cm³/mol. The molecule has 0 saturated carbocycles. The van der Waals surface area contributed by atoms with Crippen molar-refractivity contribution in [2.45, 2.75) is 20.0 Å². The van der Waals surface area contributed by atoms with E-state index in [0.717, 1.165) is 14.6 Å². The van der Waals surface area contributed by atoms with Crippen molar-refractivity contribution in [3.05, 3.63) is 45.1 Å². The van der Waals surface area contributed by atoms with Gasteiger partial charge in [-0.1, -0.05) is 6.07 Å². The van der Waals surface area contributed by atoms with Crippen LogP contribution in [0.2, 0.25) is 0 Å². The highest BCUT2D eigenvalue weighted by Gasteiger charge is 2.13. The quantitative estimate of drug-likeness (QED) is 0.649. The van der Waals surface area contributed by atoms with Gasteiger partial charge in [0.05, 0.1) is 23.2 Å². The molecule has 0 aromatic heterocycles. The molecule has 0 amide bonds. The predicted octanol–water partition coefficient (Wildman–Crippen LogP) is 5.46. The average Bonchev–Trinajstić information content (AvgIpc) is 2.38. The summed E-state index contributed by atoms with van der Waals surface area (Å²) < 4.78 is 21.0. The highest BCUT2D eigenvalue weighted by molar-refractivity contribution is 9.11. The Bertz CT molecular complexity index is 642. The minimum absolute atomic E-state index is 0.119. The first-order chi connectivity index (χ1) is 9.88. The molecule has 0 heterocycles. The fourth-order valence-corrected chi connectivity index (χ4v) is 2.97. The maximum atomic E-state index is 13.8. The van der Waals surface area contributed by atoms with Crippen LogP contribution in [0.25, 0.3) is 0 Å². The number of para-hydroxylation sites is 1. The van der Waals surface area contributed by atoms with E-state index in [1.54, 1.807) is 6.07 Å². The van der Waals surface area contributed by atoms with Crippen molar-refractivity contribution in [3.8, 4) is 5.75 Å². The normalized spacial score (nSPS) is 10.8. The number of nitrogen functional groups attached to an aromatic ring is 1. The number of anilines is 3. The smallest absolute Gasteiger partial charge is 0.167 e. The van der Waals surface area contributed by atoms with Crippen molar-refractivity contribution in [1.82, 2.24) is 0 Å². The van der Waals surface area contributed by atoms with Gasteiger partial charge in [0.2, 0.25) is 0 Å². The van der Waals surface area contributed by atoms with Gasteiger partial charge in [0, 0.05) is 21.1 Å². The lowest BCUT2D eigenvalue weighted by molar-refractivity contribution is 0.231. The Morgan fingerprint density at radius 2 is 1.81 bits per heavy atom. The molecule has 0 aliphatic carbocycles. The molecule has 0 fully saturated rings. The molecular formula is C15H15Br2FN2O. The monoisotopic (exact) mass is 416 g/mol. The van der Waals surface area contributed by atoms with E-state index in [-0.39, 0.29) is 11.9 Å². The summed E-state index contributed by atoms with van der Waals surface area (Å²) in [6.45, 7) is 3.68. The molecule has 0 saturated heterocycles. The van der Waals surface area contributed by atoms with Gasteiger partial charge in [-0.05, 0) is 57.8 Å². The van der Waals surface area contributed by atoms with Crippen molar-refractivity contribution in [2.24, 2.45) is 0 Å². The first kappa shape index (κ1) is 16.1. The minimum atomic E-state index is -0.474. The molecule has 112 valence electrons. The number of benzene rings is 2. The van der Waals surface area contributed by atoms with Gasteiger partial charge in [0.1, 0.15) is 0 Å². The second kappa shape index (κ2) is 6.66. The van der Waals surface area contributed by atoms with E-state index in [1.165, 1.54) is 6.07 Å². The lowest BCUT2D eigenvalue weighted by Crippen LogP contribution is -2.08. The zero-order valence-electron chi connectivity index (χ0n) is 11.6. The number of halogens is 3. The molecule has 0 aliphatic heterocycles. The Kier molecular flexibility index (Phi) is 5.11. The number of hydrogen-bond donors (Lipinski definition) is 2. The zero-order valence-corrected chi connectivity index (χ0v) is 14.8. The van der Waals surface area contributed by atoms with Crippen molar-refractivity contribution >= 4 is 48.9 Å². The molecule has 3 N–H and O–H groups in total. The number of nitrogens with one attached hydrogen (secondary N) is 1. The summed E-state index contributed by atoms with van der Waals surface area (Å²) in [5, 5.41) is 3.18. The van der Waals surface area contributed by atoms with Crippen molar-refractivity contribution in [2.75, 3.05) is 11.1 Å². The summed E-state index contributed by atoms with van der Waals surface area (Å²) in [5.41, 5.74) is 7.59. The second-order valence-corrected chi connectivity index (χ2v) is 6.47. The van der Waals surface area contributed by atoms with Gasteiger partial charge in [-0.3, -0.25) is 0 Å². The second-order valence-electron chi connectivity index (χ2n) is 4.76. The van der Waals surface area contributed by atoms with Crippen LogP contribution in [-0.2, 0) is 0 Å². The van der Waals surface area contributed by atoms with Gasteiger partial charge in [-0.15, -0.1) is 0 Å². The van der Waals surface area contributed by atoms with E-state index in [1.807, 2.05) is 32.0 Å². The molecule has 0 bridgehead atoms. The Labute approximate surface area is 139 Å². The van der Waals surface area contributed by atoms with E-state index >= 15 is 0 Å². The highest BCUT2D eigenvalue weighted by Crippen LogP contribution is 2.37. The molecule has 2 aromatic carbocycles. The number of ether oxygens (including phenoxy) is 1. The molecule has 0 unspecified atom stereocenters. The van der Waals surface area contributed by atoms with Gasteiger partial charge in [-0.2, -0.15) is 0 Å². The van der Waals surface area contributed by atoms with Gasteiger partial charge < -0.3 is 15.8 Å². The average molecular weight is 418 g/mol. The van der Waals surface area contributed by atoms with Gasteiger partial charge in [0.25, 0.3) is 0 Å². The highest BCUT2D eigenvalue weighted by atomic mass is 79.9. The van der Waals surface area contributed by atoms with Gasteiger partial charge in [0.15, 0.2) is 11.6 Å². The third-order valence-electron chi connectivity index (χ3n) is 2.69. The van der Waals surface area contributed by atoms with Crippen LogP contribution in [-0.4, -0.2) is 6.10 Å². The molecule has 0 spiro atoms. The summed E-state index contributed by atoms with van der Waals surface area (Å²) in [6.07, 6.45) is -0.119. The topological polar surface area (TPSA) is 47.3 Å². The zero-order chi connectivity index (χ0) is 15.6. The van der Waals surface area contributed by atoms with E-state index in [4.69, 9.17) is 10.5 Å². The van der Waals surface area contributed by atoms with Crippen molar-refractivity contribution in [3.63, 3.8) is 0 Å². The van der Waals surface area contributed by atoms with Gasteiger partial charge in [-0.25, -0.2) is 4.39 Å². The van der Waals surface area contributed by atoms with Gasteiger partial charge >= 0.3 is 0 Å². The van der Waals surface area contributed by atoms with Crippen LogP contribution >= 0.6 is 31.9 Å². The molecule has 3 nitrogen and oxygen atoms in total. The van der Waals surface area contributed by atoms with Crippen LogP contribution in [0.15, 0.2) is 39.3 Å². The molecule has 2 aromatic rings. The molecular weight excluding hydrogens is 403 g/mol. The molecule has 0 aliphatic rings. The molecule has 2 rings (SSSR count). The molecule has 0 radical (unpaired) electrons. The molecule has 6 heteroatoms. The Morgan fingerprint density at radius 3 is 2.38 bits per heavy atom. The van der Waals surface area contributed by atoms with Crippen LogP contribution < -0.4 is 15.8 Å². The third kappa shape index (κ3) is 3.89. The first-order valence-electron chi connectivity index (χ1n) is 6.35. The van der Waals surface area contributed by atoms with Crippen LogP contribution in [0.5, 0.6) is 5.75 Å². The summed E-state index contributed by atoms with van der Waals surface area (Å²) in [7, 11) is 0. The number of nitrogens with two attached hydrogens (primary N) is 1. The van der Waals surface area contributed by atoms with E-state index < -0.39 is 5.82 Å². The van der Waals surface area contributed by atoms with Crippen molar-refractivity contribution < 1.29 is 9.13 Å². The summed E-state index contributed by atoms with van der Waals surface area (Å²) in [5.74, 6) is -0.303. The Hall–Kier alpha value is -1.27. The number of hydrogen-bond acceptors (Lipinski definition) is 3. The fraction of sp³-hybridized carbons (Fsp3) is 0.200. The van der Waals surface area contributed by atoms with E-state index in [0.29, 0.717) is 11.4 Å². The summed E-state index contributed by atoms with van der Waals surface area (Å²) in [4.78, 5) is 0. The number of rotatable bonds is 4. The Morgan fingerprint density at radius 1 is 1.19 bits per heavy atom. The van der Waals surface area contributed by atoms with E-state index in [2.05, 4.69) is 37.2 Å². The van der Waals surface area contributed by atoms with Crippen LogP contribution in [0, 0.1) is 5.82 Å². The summed E-state index contributed by atoms with van der Waals surface area (Å²) in [6, 6.07) is 8.53. The first-order valence-corrected chi connectivity index (χ1v) is 7.93. The fourth-order valence-electron chi connectivity index (χ4n) is 1.77. The molecule has 21 heavy (non-hydrogen) atoms. The Balaban J connectivity index is 2.40. The van der Waals surface area contributed by atoms with Crippen LogP contribution in [0.1, 0.15) is 13.8 Å².